The Kier molecular flexibility index (Phi) is 3.37. The van der Waals surface area contributed by atoms with E-state index >= 15 is 0 Å². The fraction of sp³-hybridized carbons (Fsp3) is 0.364. The average Bonchev–Trinajstić information content (AvgIpc) is 2.42. The van der Waals surface area contributed by atoms with Gasteiger partial charge in [0.15, 0.2) is 0 Å². The standard InChI is InChI=1S/C11H14N2O.ClH/c1-7(12)8-3-4-10-9(5-8)6-11(14)13(10)2;/h3-5,7H,6,12H2,1-2H3;1H. The summed E-state index contributed by atoms with van der Waals surface area (Å²) in [4.78, 5) is 13.1. The normalized spacial score (nSPS) is 15.9. The third-order valence-electron chi connectivity index (χ3n) is 2.71. The molecule has 1 heterocycles. The molecule has 15 heavy (non-hydrogen) atoms. The number of hydrogen-bond acceptors (Lipinski definition) is 2. The van der Waals surface area contributed by atoms with Crippen molar-refractivity contribution in [1.82, 2.24) is 0 Å². The summed E-state index contributed by atoms with van der Waals surface area (Å²) in [5.74, 6) is 0.154. The molecule has 0 aromatic heterocycles. The van der Waals surface area contributed by atoms with Crippen molar-refractivity contribution in [3.8, 4) is 0 Å². The molecule has 2 N–H and O–H groups in total. The van der Waals surface area contributed by atoms with E-state index in [4.69, 9.17) is 5.73 Å². The third-order valence-corrected chi connectivity index (χ3v) is 2.71. The Bertz CT molecular complexity index is 390. The maximum Gasteiger partial charge on any atom is 0.231 e. The van der Waals surface area contributed by atoms with Crippen molar-refractivity contribution in [2.75, 3.05) is 11.9 Å². The zero-order valence-electron chi connectivity index (χ0n) is 8.86. The molecule has 0 fully saturated rings. The first-order valence-electron chi connectivity index (χ1n) is 4.74. The minimum absolute atomic E-state index is 0. The number of fused-ring (bicyclic) bond motifs is 1. The molecule has 0 aliphatic carbocycles. The summed E-state index contributed by atoms with van der Waals surface area (Å²) in [5.41, 5.74) is 8.97. The molecular weight excluding hydrogens is 212 g/mol. The first-order valence-corrected chi connectivity index (χ1v) is 4.74. The van der Waals surface area contributed by atoms with Crippen LogP contribution >= 0.6 is 12.4 Å². The van der Waals surface area contributed by atoms with Gasteiger partial charge in [-0.3, -0.25) is 4.79 Å². The van der Waals surface area contributed by atoms with Gasteiger partial charge in [0.05, 0.1) is 6.42 Å². The molecule has 1 aliphatic rings. The Hall–Kier alpha value is -1.06. The largest absolute Gasteiger partial charge is 0.324 e. The molecule has 1 unspecified atom stereocenters. The Morgan fingerprint density at radius 2 is 2.13 bits per heavy atom. The van der Waals surface area contributed by atoms with E-state index in [2.05, 4.69) is 0 Å². The molecule has 0 radical (unpaired) electrons. The van der Waals surface area contributed by atoms with Crippen LogP contribution in [-0.4, -0.2) is 13.0 Å². The molecule has 1 amide bonds. The van der Waals surface area contributed by atoms with Gasteiger partial charge in [-0.1, -0.05) is 12.1 Å². The predicted octanol–water partition coefficient (Wildman–Crippen LogP) is 1.65. The minimum atomic E-state index is 0. The second-order valence-electron chi connectivity index (χ2n) is 3.81. The molecule has 1 atom stereocenters. The van der Waals surface area contributed by atoms with Crippen LogP contribution in [0.3, 0.4) is 0 Å². The smallest absolute Gasteiger partial charge is 0.231 e. The topological polar surface area (TPSA) is 46.3 Å². The summed E-state index contributed by atoms with van der Waals surface area (Å²) in [7, 11) is 1.81. The SMILES string of the molecule is CC(N)c1ccc2c(c1)CC(=O)N2C.Cl. The second-order valence-corrected chi connectivity index (χ2v) is 3.81. The van der Waals surface area contributed by atoms with E-state index in [1.54, 1.807) is 11.9 Å². The second kappa shape index (κ2) is 4.21. The van der Waals surface area contributed by atoms with Gasteiger partial charge in [0, 0.05) is 18.8 Å². The molecule has 82 valence electrons. The number of likely N-dealkylation sites (N-methyl/N-ethyl adjacent to an activating group) is 1. The lowest BCUT2D eigenvalue weighted by atomic mass is 10.0. The van der Waals surface area contributed by atoms with Crippen LogP contribution in [0.15, 0.2) is 18.2 Å². The molecule has 0 saturated carbocycles. The Morgan fingerprint density at radius 3 is 2.73 bits per heavy atom. The summed E-state index contributed by atoms with van der Waals surface area (Å²) in [6, 6.07) is 6.01. The van der Waals surface area contributed by atoms with Gasteiger partial charge in [-0.15, -0.1) is 12.4 Å². The predicted molar refractivity (Wildman–Crippen MR) is 63.4 cm³/mol. The van der Waals surface area contributed by atoms with E-state index < -0.39 is 0 Å². The van der Waals surface area contributed by atoms with Crippen molar-refractivity contribution < 1.29 is 4.79 Å². The third kappa shape index (κ3) is 1.98. The number of amides is 1. The van der Waals surface area contributed by atoms with Crippen LogP contribution < -0.4 is 10.6 Å². The number of hydrogen-bond donors (Lipinski definition) is 1. The van der Waals surface area contributed by atoms with Gasteiger partial charge in [-0.05, 0) is 24.1 Å². The number of benzene rings is 1. The first-order chi connectivity index (χ1) is 6.59. The Balaban J connectivity index is 0.00000112. The maximum absolute atomic E-state index is 11.4. The molecule has 0 saturated heterocycles. The minimum Gasteiger partial charge on any atom is -0.324 e. The summed E-state index contributed by atoms with van der Waals surface area (Å²) >= 11 is 0. The number of halogens is 1. The molecule has 3 nitrogen and oxygen atoms in total. The summed E-state index contributed by atoms with van der Waals surface area (Å²) in [6.07, 6.45) is 0.506. The molecule has 0 spiro atoms. The van der Waals surface area contributed by atoms with E-state index in [1.165, 1.54) is 0 Å². The molecule has 4 heteroatoms. The Labute approximate surface area is 95.7 Å². The zero-order valence-corrected chi connectivity index (χ0v) is 9.67. The highest BCUT2D eigenvalue weighted by Crippen LogP contribution is 2.29. The van der Waals surface area contributed by atoms with Gasteiger partial charge < -0.3 is 10.6 Å². The first kappa shape index (κ1) is 12.0. The highest BCUT2D eigenvalue weighted by molar-refractivity contribution is 6.00. The Morgan fingerprint density at radius 1 is 1.47 bits per heavy atom. The number of nitrogens with zero attached hydrogens (tertiary/aromatic N) is 1. The molecule has 0 bridgehead atoms. The monoisotopic (exact) mass is 226 g/mol. The van der Waals surface area contributed by atoms with Crippen molar-refractivity contribution in [2.24, 2.45) is 5.73 Å². The van der Waals surface area contributed by atoms with Crippen molar-refractivity contribution in [2.45, 2.75) is 19.4 Å². The van der Waals surface area contributed by atoms with E-state index in [-0.39, 0.29) is 24.4 Å². The van der Waals surface area contributed by atoms with Gasteiger partial charge >= 0.3 is 0 Å². The van der Waals surface area contributed by atoms with Crippen molar-refractivity contribution >= 4 is 24.0 Å². The van der Waals surface area contributed by atoms with Crippen LogP contribution in [0, 0.1) is 0 Å². The van der Waals surface area contributed by atoms with E-state index in [0.29, 0.717) is 6.42 Å². The number of carbonyl (C=O) groups excluding carboxylic acids is 1. The molecule has 1 aliphatic heterocycles. The van der Waals surface area contributed by atoms with Crippen LogP contribution in [0.4, 0.5) is 5.69 Å². The van der Waals surface area contributed by atoms with Gasteiger partial charge in [-0.2, -0.15) is 0 Å². The van der Waals surface area contributed by atoms with E-state index in [1.807, 2.05) is 25.1 Å². The zero-order chi connectivity index (χ0) is 10.3. The molecular formula is C11H15ClN2O. The van der Waals surface area contributed by atoms with Crippen LogP contribution in [-0.2, 0) is 11.2 Å². The average molecular weight is 227 g/mol. The van der Waals surface area contributed by atoms with Crippen LogP contribution in [0.25, 0.3) is 0 Å². The lowest BCUT2D eigenvalue weighted by Gasteiger charge is -2.11. The summed E-state index contributed by atoms with van der Waals surface area (Å²) < 4.78 is 0. The van der Waals surface area contributed by atoms with Gasteiger partial charge in [0.2, 0.25) is 5.91 Å². The lowest BCUT2D eigenvalue weighted by Crippen LogP contribution is -2.20. The van der Waals surface area contributed by atoms with Crippen LogP contribution in [0.2, 0.25) is 0 Å². The number of carbonyl (C=O) groups is 1. The number of nitrogens with two attached hydrogens (primary N) is 1. The van der Waals surface area contributed by atoms with Crippen molar-refractivity contribution in [3.05, 3.63) is 29.3 Å². The van der Waals surface area contributed by atoms with Crippen molar-refractivity contribution in [3.63, 3.8) is 0 Å². The highest BCUT2D eigenvalue weighted by Gasteiger charge is 2.23. The van der Waals surface area contributed by atoms with Gasteiger partial charge in [0.25, 0.3) is 0 Å². The molecule has 1 aromatic rings. The van der Waals surface area contributed by atoms with E-state index in [0.717, 1.165) is 16.8 Å². The summed E-state index contributed by atoms with van der Waals surface area (Å²) in [5, 5.41) is 0. The fourth-order valence-corrected chi connectivity index (χ4v) is 1.77. The molecule has 2 rings (SSSR count). The number of rotatable bonds is 1. The quantitative estimate of drug-likeness (QED) is 0.792. The summed E-state index contributed by atoms with van der Waals surface area (Å²) in [6.45, 7) is 1.95. The highest BCUT2D eigenvalue weighted by atomic mass is 35.5. The fourth-order valence-electron chi connectivity index (χ4n) is 1.77. The number of anilines is 1. The van der Waals surface area contributed by atoms with Gasteiger partial charge in [-0.25, -0.2) is 0 Å². The lowest BCUT2D eigenvalue weighted by molar-refractivity contribution is -0.117. The van der Waals surface area contributed by atoms with Crippen LogP contribution in [0.5, 0.6) is 0 Å². The maximum atomic E-state index is 11.4. The van der Waals surface area contributed by atoms with E-state index in [9.17, 15) is 4.79 Å². The van der Waals surface area contributed by atoms with Crippen molar-refractivity contribution in [1.29, 1.82) is 0 Å². The van der Waals surface area contributed by atoms with Crippen LogP contribution in [0.1, 0.15) is 24.1 Å². The molecule has 1 aromatic carbocycles. The van der Waals surface area contributed by atoms with Gasteiger partial charge in [0.1, 0.15) is 0 Å².